The summed E-state index contributed by atoms with van der Waals surface area (Å²) in [4.78, 5) is 2.52. The number of rotatable bonds is 7. The third kappa shape index (κ3) is 5.03. The highest BCUT2D eigenvalue weighted by molar-refractivity contribution is 4.80. The van der Waals surface area contributed by atoms with Crippen LogP contribution in [0.5, 0.6) is 0 Å². The van der Waals surface area contributed by atoms with Crippen LogP contribution in [0.25, 0.3) is 0 Å². The molecule has 0 radical (unpaired) electrons. The second-order valence-electron chi connectivity index (χ2n) is 5.82. The first-order valence-electron chi connectivity index (χ1n) is 8.02. The lowest BCUT2D eigenvalue weighted by Crippen LogP contribution is -2.45. The predicted octanol–water partition coefficient (Wildman–Crippen LogP) is 1.64. The van der Waals surface area contributed by atoms with Gasteiger partial charge in [0.1, 0.15) is 0 Å². The van der Waals surface area contributed by atoms with Crippen molar-refractivity contribution in [2.24, 2.45) is 0 Å². The van der Waals surface area contributed by atoms with Gasteiger partial charge in [0.25, 0.3) is 0 Å². The SMILES string of the molecule is CCCNCC1CCC(CN2CCOC(CC)C2)O1. The van der Waals surface area contributed by atoms with Crippen molar-refractivity contribution in [2.45, 2.75) is 57.8 Å². The Morgan fingerprint density at radius 3 is 2.79 bits per heavy atom. The van der Waals surface area contributed by atoms with Gasteiger partial charge < -0.3 is 14.8 Å². The number of hydrogen-bond acceptors (Lipinski definition) is 4. The van der Waals surface area contributed by atoms with Gasteiger partial charge in [0, 0.05) is 26.2 Å². The van der Waals surface area contributed by atoms with Crippen LogP contribution in [0.15, 0.2) is 0 Å². The maximum Gasteiger partial charge on any atom is 0.0707 e. The zero-order valence-corrected chi connectivity index (χ0v) is 12.6. The lowest BCUT2D eigenvalue weighted by Gasteiger charge is -2.33. The largest absolute Gasteiger partial charge is 0.376 e. The summed E-state index contributed by atoms with van der Waals surface area (Å²) in [6, 6.07) is 0. The van der Waals surface area contributed by atoms with Crippen molar-refractivity contribution >= 4 is 0 Å². The molecule has 19 heavy (non-hydrogen) atoms. The monoisotopic (exact) mass is 270 g/mol. The van der Waals surface area contributed by atoms with E-state index in [0.717, 1.165) is 45.8 Å². The number of nitrogens with zero attached hydrogens (tertiary/aromatic N) is 1. The van der Waals surface area contributed by atoms with E-state index in [9.17, 15) is 0 Å². The molecule has 4 heteroatoms. The van der Waals surface area contributed by atoms with Crippen molar-refractivity contribution in [1.82, 2.24) is 10.2 Å². The second-order valence-corrected chi connectivity index (χ2v) is 5.82. The molecule has 2 saturated heterocycles. The highest BCUT2D eigenvalue weighted by Crippen LogP contribution is 2.21. The topological polar surface area (TPSA) is 33.7 Å². The summed E-state index contributed by atoms with van der Waals surface area (Å²) < 4.78 is 11.9. The summed E-state index contributed by atoms with van der Waals surface area (Å²) in [5.74, 6) is 0. The van der Waals surface area contributed by atoms with Crippen LogP contribution < -0.4 is 5.32 Å². The zero-order valence-electron chi connectivity index (χ0n) is 12.6. The van der Waals surface area contributed by atoms with Crippen molar-refractivity contribution in [2.75, 3.05) is 39.3 Å². The molecule has 2 fully saturated rings. The Hall–Kier alpha value is -0.160. The third-order valence-electron chi connectivity index (χ3n) is 4.13. The van der Waals surface area contributed by atoms with Gasteiger partial charge >= 0.3 is 0 Å². The highest BCUT2D eigenvalue weighted by atomic mass is 16.5. The zero-order chi connectivity index (χ0) is 13.5. The summed E-state index contributed by atoms with van der Waals surface area (Å²) in [7, 11) is 0. The molecule has 3 unspecified atom stereocenters. The van der Waals surface area contributed by atoms with Crippen molar-refractivity contribution in [3.8, 4) is 0 Å². The highest BCUT2D eigenvalue weighted by Gasteiger charge is 2.28. The molecule has 0 amide bonds. The third-order valence-corrected chi connectivity index (χ3v) is 4.13. The number of ether oxygens (including phenoxy) is 2. The Labute approximate surface area is 117 Å². The standard InChI is InChI=1S/C15H30N2O2/c1-3-7-16-10-14-5-6-15(19-14)12-17-8-9-18-13(4-2)11-17/h13-16H,3-12H2,1-2H3. The van der Waals surface area contributed by atoms with Crippen molar-refractivity contribution in [3.63, 3.8) is 0 Å². The Morgan fingerprint density at radius 1 is 1.16 bits per heavy atom. The maximum atomic E-state index is 6.13. The van der Waals surface area contributed by atoms with E-state index < -0.39 is 0 Å². The molecule has 2 aliphatic rings. The molecular formula is C15H30N2O2. The molecule has 112 valence electrons. The summed E-state index contributed by atoms with van der Waals surface area (Å²) in [6.07, 6.45) is 6.03. The first-order valence-corrected chi connectivity index (χ1v) is 8.02. The van der Waals surface area contributed by atoms with Crippen LogP contribution in [0.2, 0.25) is 0 Å². The summed E-state index contributed by atoms with van der Waals surface area (Å²) >= 11 is 0. The van der Waals surface area contributed by atoms with E-state index in [1.807, 2.05) is 0 Å². The Bertz CT molecular complexity index is 250. The molecule has 2 aliphatic heterocycles. The summed E-state index contributed by atoms with van der Waals surface area (Å²) in [6.45, 7) is 10.6. The smallest absolute Gasteiger partial charge is 0.0707 e. The molecular weight excluding hydrogens is 240 g/mol. The molecule has 3 atom stereocenters. The van der Waals surface area contributed by atoms with E-state index in [1.54, 1.807) is 0 Å². The minimum atomic E-state index is 0.428. The molecule has 2 rings (SSSR count). The quantitative estimate of drug-likeness (QED) is 0.713. The van der Waals surface area contributed by atoms with E-state index in [0.29, 0.717) is 18.3 Å². The molecule has 0 aliphatic carbocycles. The van der Waals surface area contributed by atoms with Gasteiger partial charge in [-0.05, 0) is 32.2 Å². The van der Waals surface area contributed by atoms with Crippen LogP contribution >= 0.6 is 0 Å². The first-order chi connectivity index (χ1) is 9.31. The van der Waals surface area contributed by atoms with E-state index in [4.69, 9.17) is 9.47 Å². The molecule has 0 aromatic heterocycles. The van der Waals surface area contributed by atoms with Crippen LogP contribution in [-0.4, -0.2) is 62.5 Å². The van der Waals surface area contributed by atoms with Crippen molar-refractivity contribution in [1.29, 1.82) is 0 Å². The molecule has 2 heterocycles. The van der Waals surface area contributed by atoms with Gasteiger partial charge in [-0.1, -0.05) is 13.8 Å². The summed E-state index contributed by atoms with van der Waals surface area (Å²) in [5, 5.41) is 3.46. The Kier molecular flexibility index (Phi) is 6.57. The minimum absolute atomic E-state index is 0.428. The summed E-state index contributed by atoms with van der Waals surface area (Å²) in [5.41, 5.74) is 0. The van der Waals surface area contributed by atoms with Gasteiger partial charge in [0.05, 0.1) is 24.9 Å². The van der Waals surface area contributed by atoms with Gasteiger partial charge in [-0.25, -0.2) is 0 Å². The van der Waals surface area contributed by atoms with E-state index in [1.165, 1.54) is 19.3 Å². The molecule has 0 aromatic carbocycles. The van der Waals surface area contributed by atoms with Crippen molar-refractivity contribution in [3.05, 3.63) is 0 Å². The lowest BCUT2D eigenvalue weighted by atomic mass is 10.1. The minimum Gasteiger partial charge on any atom is -0.376 e. The fourth-order valence-electron chi connectivity index (χ4n) is 2.99. The van der Waals surface area contributed by atoms with Gasteiger partial charge in [-0.3, -0.25) is 4.90 Å². The molecule has 0 spiro atoms. The second kappa shape index (κ2) is 8.20. The Morgan fingerprint density at radius 2 is 2.00 bits per heavy atom. The van der Waals surface area contributed by atoms with Crippen molar-refractivity contribution < 1.29 is 9.47 Å². The Balaban J connectivity index is 1.64. The van der Waals surface area contributed by atoms with Crippen LogP contribution in [0.4, 0.5) is 0 Å². The van der Waals surface area contributed by atoms with E-state index >= 15 is 0 Å². The van der Waals surface area contributed by atoms with E-state index in [2.05, 4.69) is 24.1 Å². The van der Waals surface area contributed by atoms with Crippen LogP contribution in [0.3, 0.4) is 0 Å². The molecule has 0 aromatic rings. The van der Waals surface area contributed by atoms with Gasteiger partial charge in [-0.15, -0.1) is 0 Å². The van der Waals surface area contributed by atoms with Crippen LogP contribution in [-0.2, 0) is 9.47 Å². The normalized spacial score (nSPS) is 32.8. The van der Waals surface area contributed by atoms with Gasteiger partial charge in [0.2, 0.25) is 0 Å². The van der Waals surface area contributed by atoms with Crippen LogP contribution in [0.1, 0.15) is 39.5 Å². The molecule has 4 nitrogen and oxygen atoms in total. The van der Waals surface area contributed by atoms with Gasteiger partial charge in [-0.2, -0.15) is 0 Å². The maximum absolute atomic E-state index is 6.13. The average Bonchev–Trinajstić information content (AvgIpc) is 2.87. The number of hydrogen-bond donors (Lipinski definition) is 1. The fraction of sp³-hybridized carbons (Fsp3) is 1.00. The molecule has 0 saturated carbocycles. The predicted molar refractivity (Wildman–Crippen MR) is 77.5 cm³/mol. The molecule has 0 bridgehead atoms. The van der Waals surface area contributed by atoms with E-state index in [-0.39, 0.29) is 0 Å². The van der Waals surface area contributed by atoms with Gasteiger partial charge in [0.15, 0.2) is 0 Å². The fourth-order valence-corrected chi connectivity index (χ4v) is 2.99. The average molecular weight is 270 g/mol. The first kappa shape index (κ1) is 15.2. The lowest BCUT2D eigenvalue weighted by molar-refractivity contribution is -0.0503. The molecule has 1 N–H and O–H groups in total. The van der Waals surface area contributed by atoms with Crippen LogP contribution in [0, 0.1) is 0 Å². The number of nitrogens with one attached hydrogen (secondary N) is 1. The number of morpholine rings is 1.